The zero-order valence-electron chi connectivity index (χ0n) is 12.8. The lowest BCUT2D eigenvalue weighted by molar-refractivity contribution is 0.0945. The van der Waals surface area contributed by atoms with E-state index in [1.807, 2.05) is 27.7 Å². The number of amides is 1. The number of benzene rings is 1. The summed E-state index contributed by atoms with van der Waals surface area (Å²) in [5.41, 5.74) is 0.367. The van der Waals surface area contributed by atoms with Gasteiger partial charge in [0.05, 0.1) is 0 Å². The van der Waals surface area contributed by atoms with Gasteiger partial charge in [0.25, 0.3) is 5.91 Å². The van der Waals surface area contributed by atoms with E-state index in [0.29, 0.717) is 18.5 Å². The minimum absolute atomic E-state index is 0.0999. The lowest BCUT2D eigenvalue weighted by Gasteiger charge is -2.21. The van der Waals surface area contributed by atoms with Gasteiger partial charge >= 0.3 is 0 Å². The molecule has 0 aliphatic heterocycles. The second-order valence-corrected chi connectivity index (χ2v) is 6.07. The average molecular weight is 279 g/mol. The smallest absolute Gasteiger partial charge is 0.251 e. The van der Waals surface area contributed by atoms with Crippen LogP contribution in [0.4, 0.5) is 0 Å². The normalized spacial score (nSPS) is 12.8. The van der Waals surface area contributed by atoms with Crippen molar-refractivity contribution in [2.75, 3.05) is 13.2 Å². The molecule has 1 unspecified atom stereocenters. The van der Waals surface area contributed by atoms with Crippen molar-refractivity contribution in [1.29, 1.82) is 0 Å². The van der Waals surface area contributed by atoms with E-state index in [2.05, 4.69) is 5.32 Å². The van der Waals surface area contributed by atoms with Gasteiger partial charge in [-0.25, -0.2) is 0 Å². The molecule has 4 nitrogen and oxygen atoms in total. The average Bonchev–Trinajstić information content (AvgIpc) is 2.35. The molecule has 0 spiro atoms. The van der Waals surface area contributed by atoms with Crippen molar-refractivity contribution in [3.05, 3.63) is 29.8 Å². The van der Waals surface area contributed by atoms with E-state index in [9.17, 15) is 4.79 Å². The molecule has 4 heteroatoms. The third kappa shape index (κ3) is 6.06. The number of hydrogen-bond donors (Lipinski definition) is 2. The van der Waals surface area contributed by atoms with Crippen LogP contribution in [0.25, 0.3) is 0 Å². The largest absolute Gasteiger partial charge is 0.488 e. The number of aliphatic hydroxyl groups excluding tert-OH is 1. The monoisotopic (exact) mass is 279 g/mol. The molecule has 0 aliphatic rings. The van der Waals surface area contributed by atoms with Gasteiger partial charge in [0.2, 0.25) is 0 Å². The minimum Gasteiger partial charge on any atom is -0.488 e. The van der Waals surface area contributed by atoms with E-state index >= 15 is 0 Å². The standard InChI is InChI=1S/C16H25NO3/c1-12(9-10-18)11-17-15(19)13-5-7-14(8-6-13)20-16(2,3)4/h5-8,12,18H,9-11H2,1-4H3,(H,17,19). The van der Waals surface area contributed by atoms with Gasteiger partial charge in [-0.05, 0) is 57.4 Å². The highest BCUT2D eigenvalue weighted by Gasteiger charge is 2.12. The van der Waals surface area contributed by atoms with Crippen molar-refractivity contribution in [1.82, 2.24) is 5.32 Å². The molecule has 0 saturated carbocycles. The third-order valence-electron chi connectivity index (χ3n) is 2.77. The highest BCUT2D eigenvalue weighted by atomic mass is 16.5. The number of carbonyl (C=O) groups is 1. The number of nitrogens with one attached hydrogen (secondary N) is 1. The summed E-state index contributed by atoms with van der Waals surface area (Å²) >= 11 is 0. The van der Waals surface area contributed by atoms with Crippen molar-refractivity contribution in [3.63, 3.8) is 0 Å². The van der Waals surface area contributed by atoms with Crippen molar-refractivity contribution in [2.45, 2.75) is 39.7 Å². The fourth-order valence-electron chi connectivity index (χ4n) is 1.72. The molecule has 0 heterocycles. The molecule has 0 aromatic heterocycles. The van der Waals surface area contributed by atoms with E-state index in [1.165, 1.54) is 0 Å². The molecule has 1 atom stereocenters. The molecular formula is C16H25NO3. The van der Waals surface area contributed by atoms with Crippen LogP contribution in [0.2, 0.25) is 0 Å². The summed E-state index contributed by atoms with van der Waals surface area (Å²) in [7, 11) is 0. The number of rotatable bonds is 6. The van der Waals surface area contributed by atoms with Crippen LogP contribution in [0.1, 0.15) is 44.5 Å². The van der Waals surface area contributed by atoms with E-state index in [1.54, 1.807) is 24.3 Å². The molecule has 0 bridgehead atoms. The summed E-state index contributed by atoms with van der Waals surface area (Å²) in [5.74, 6) is 0.923. The van der Waals surface area contributed by atoms with Gasteiger partial charge in [0, 0.05) is 18.7 Å². The van der Waals surface area contributed by atoms with Crippen molar-refractivity contribution >= 4 is 5.91 Å². The zero-order valence-corrected chi connectivity index (χ0v) is 12.8. The van der Waals surface area contributed by atoms with Gasteiger partial charge in [-0.2, -0.15) is 0 Å². The highest BCUT2D eigenvalue weighted by molar-refractivity contribution is 5.94. The molecule has 0 aliphatic carbocycles. The Morgan fingerprint density at radius 1 is 1.30 bits per heavy atom. The van der Waals surface area contributed by atoms with Crippen LogP contribution in [-0.4, -0.2) is 29.8 Å². The molecule has 1 aromatic rings. The van der Waals surface area contributed by atoms with E-state index < -0.39 is 0 Å². The fourth-order valence-corrected chi connectivity index (χ4v) is 1.72. The van der Waals surface area contributed by atoms with Crippen molar-refractivity contribution in [2.24, 2.45) is 5.92 Å². The summed E-state index contributed by atoms with van der Waals surface area (Å²) in [6.07, 6.45) is 0.693. The Balaban J connectivity index is 2.53. The third-order valence-corrected chi connectivity index (χ3v) is 2.77. The lowest BCUT2D eigenvalue weighted by atomic mass is 10.1. The number of aliphatic hydroxyl groups is 1. The Hall–Kier alpha value is -1.55. The van der Waals surface area contributed by atoms with Crippen LogP contribution in [0.5, 0.6) is 5.75 Å². The maximum Gasteiger partial charge on any atom is 0.251 e. The molecule has 1 aromatic carbocycles. The summed E-state index contributed by atoms with van der Waals surface area (Å²) < 4.78 is 5.71. The van der Waals surface area contributed by atoms with Gasteiger partial charge in [-0.3, -0.25) is 4.79 Å². The summed E-state index contributed by atoms with van der Waals surface area (Å²) in [6.45, 7) is 8.66. The summed E-state index contributed by atoms with van der Waals surface area (Å²) in [6, 6.07) is 7.12. The second kappa shape index (κ2) is 7.29. The number of carbonyl (C=O) groups excluding carboxylic acids is 1. The summed E-state index contributed by atoms with van der Waals surface area (Å²) in [5, 5.41) is 11.7. The van der Waals surface area contributed by atoms with E-state index in [-0.39, 0.29) is 24.0 Å². The van der Waals surface area contributed by atoms with Crippen LogP contribution in [-0.2, 0) is 0 Å². The number of ether oxygens (including phenoxy) is 1. The lowest BCUT2D eigenvalue weighted by Crippen LogP contribution is -2.28. The Labute approximate surface area is 121 Å². The van der Waals surface area contributed by atoms with Gasteiger partial charge in [0.1, 0.15) is 11.4 Å². The highest BCUT2D eigenvalue weighted by Crippen LogP contribution is 2.18. The first-order valence-electron chi connectivity index (χ1n) is 7.00. The minimum atomic E-state index is -0.247. The predicted octanol–water partition coefficient (Wildman–Crippen LogP) is 2.61. The Morgan fingerprint density at radius 2 is 1.90 bits per heavy atom. The molecule has 20 heavy (non-hydrogen) atoms. The van der Waals surface area contributed by atoms with Crippen LogP contribution in [0.15, 0.2) is 24.3 Å². The van der Waals surface area contributed by atoms with Crippen molar-refractivity contribution < 1.29 is 14.6 Å². The molecule has 0 fully saturated rings. The fraction of sp³-hybridized carbons (Fsp3) is 0.562. The Morgan fingerprint density at radius 3 is 2.40 bits per heavy atom. The molecule has 0 saturated heterocycles. The second-order valence-electron chi connectivity index (χ2n) is 6.07. The quantitative estimate of drug-likeness (QED) is 0.841. The maximum atomic E-state index is 11.9. The first kappa shape index (κ1) is 16.5. The maximum absolute atomic E-state index is 11.9. The summed E-state index contributed by atoms with van der Waals surface area (Å²) in [4.78, 5) is 11.9. The van der Waals surface area contributed by atoms with Crippen LogP contribution in [0.3, 0.4) is 0 Å². The molecule has 1 rings (SSSR count). The Bertz CT molecular complexity index is 420. The van der Waals surface area contributed by atoms with Crippen molar-refractivity contribution in [3.8, 4) is 5.75 Å². The number of hydrogen-bond acceptors (Lipinski definition) is 3. The van der Waals surface area contributed by atoms with E-state index in [0.717, 1.165) is 5.75 Å². The van der Waals surface area contributed by atoms with Crippen LogP contribution >= 0.6 is 0 Å². The SMILES string of the molecule is CC(CCO)CNC(=O)c1ccc(OC(C)(C)C)cc1. The molecule has 112 valence electrons. The molecular weight excluding hydrogens is 254 g/mol. The zero-order chi connectivity index (χ0) is 15.2. The van der Waals surface area contributed by atoms with Gasteiger partial charge in [-0.15, -0.1) is 0 Å². The van der Waals surface area contributed by atoms with E-state index in [4.69, 9.17) is 9.84 Å². The van der Waals surface area contributed by atoms with Crippen LogP contribution in [0, 0.1) is 5.92 Å². The molecule has 2 N–H and O–H groups in total. The van der Waals surface area contributed by atoms with Gasteiger partial charge in [-0.1, -0.05) is 6.92 Å². The Kier molecular flexibility index (Phi) is 6.02. The predicted molar refractivity (Wildman–Crippen MR) is 80.0 cm³/mol. The van der Waals surface area contributed by atoms with Gasteiger partial charge < -0.3 is 15.2 Å². The van der Waals surface area contributed by atoms with Crippen LogP contribution < -0.4 is 10.1 Å². The molecule has 0 radical (unpaired) electrons. The first-order valence-corrected chi connectivity index (χ1v) is 7.00. The first-order chi connectivity index (χ1) is 9.31. The topological polar surface area (TPSA) is 58.6 Å². The molecule has 1 amide bonds. The van der Waals surface area contributed by atoms with Gasteiger partial charge in [0.15, 0.2) is 0 Å².